The zero-order chi connectivity index (χ0) is 12.1. The first-order valence-electron chi connectivity index (χ1n) is 5.40. The maximum Gasteiger partial charge on any atom is 0.409 e. The number of likely N-dealkylation sites (N-methyl/N-ethyl adjacent to an activating group) is 1. The Morgan fingerprint density at radius 2 is 2.00 bits per heavy atom. The van der Waals surface area contributed by atoms with E-state index in [1.165, 1.54) is 4.90 Å². The van der Waals surface area contributed by atoms with Gasteiger partial charge in [0.2, 0.25) is 0 Å². The molecular formula is C11H23NO3. The van der Waals surface area contributed by atoms with Gasteiger partial charge in [0.25, 0.3) is 0 Å². The maximum atomic E-state index is 11.5. The van der Waals surface area contributed by atoms with E-state index in [0.29, 0.717) is 25.6 Å². The molecule has 0 rings (SSSR count). The van der Waals surface area contributed by atoms with Crippen LogP contribution in [0.4, 0.5) is 4.79 Å². The van der Waals surface area contributed by atoms with Gasteiger partial charge in [-0.2, -0.15) is 0 Å². The van der Waals surface area contributed by atoms with Crippen LogP contribution in [0.2, 0.25) is 0 Å². The van der Waals surface area contributed by atoms with Crippen LogP contribution in [0, 0.1) is 5.92 Å². The van der Waals surface area contributed by atoms with Gasteiger partial charge < -0.3 is 14.7 Å². The molecule has 0 aliphatic rings. The maximum absolute atomic E-state index is 11.5. The monoisotopic (exact) mass is 217 g/mol. The van der Waals surface area contributed by atoms with Gasteiger partial charge in [-0.05, 0) is 26.7 Å². The highest BCUT2D eigenvalue weighted by molar-refractivity contribution is 5.67. The van der Waals surface area contributed by atoms with Gasteiger partial charge in [0, 0.05) is 6.54 Å². The molecule has 0 aliphatic carbocycles. The fraction of sp³-hybridized carbons (Fsp3) is 0.909. The number of nitrogens with zero attached hydrogens (tertiary/aromatic N) is 1. The minimum Gasteiger partial charge on any atom is -0.449 e. The van der Waals surface area contributed by atoms with Gasteiger partial charge in [0.15, 0.2) is 0 Å². The number of carbonyl (C=O) groups excluding carboxylic acids is 1. The summed E-state index contributed by atoms with van der Waals surface area (Å²) in [6, 6.07) is 0. The van der Waals surface area contributed by atoms with Crippen molar-refractivity contribution in [3.8, 4) is 0 Å². The predicted molar refractivity (Wildman–Crippen MR) is 59.7 cm³/mol. The lowest BCUT2D eigenvalue weighted by Crippen LogP contribution is -2.42. The number of hydrogen-bond acceptors (Lipinski definition) is 3. The van der Waals surface area contributed by atoms with Crippen molar-refractivity contribution in [3.63, 3.8) is 0 Å². The Morgan fingerprint density at radius 1 is 1.47 bits per heavy atom. The standard InChI is InChI=1S/C11H23NO3/c1-6-12(8-11(4,5)14)10(13)15-7-9(2)3/h9,14H,6-8H2,1-5H3. The number of aliphatic hydroxyl groups is 1. The van der Waals surface area contributed by atoms with Crippen LogP contribution >= 0.6 is 0 Å². The summed E-state index contributed by atoms with van der Waals surface area (Å²) in [7, 11) is 0. The second-order valence-electron chi connectivity index (χ2n) is 4.80. The molecule has 0 spiro atoms. The lowest BCUT2D eigenvalue weighted by molar-refractivity contribution is 0.0269. The van der Waals surface area contributed by atoms with E-state index < -0.39 is 5.60 Å². The van der Waals surface area contributed by atoms with Crippen LogP contribution in [-0.4, -0.2) is 41.4 Å². The quantitative estimate of drug-likeness (QED) is 0.765. The van der Waals surface area contributed by atoms with E-state index in [1.54, 1.807) is 13.8 Å². The van der Waals surface area contributed by atoms with Crippen LogP contribution in [0.3, 0.4) is 0 Å². The van der Waals surface area contributed by atoms with Gasteiger partial charge in [0.1, 0.15) is 0 Å². The lowest BCUT2D eigenvalue weighted by Gasteiger charge is -2.27. The highest BCUT2D eigenvalue weighted by Crippen LogP contribution is 2.06. The largest absolute Gasteiger partial charge is 0.449 e. The van der Waals surface area contributed by atoms with Crippen LogP contribution in [0.1, 0.15) is 34.6 Å². The number of hydrogen-bond donors (Lipinski definition) is 1. The number of carbonyl (C=O) groups is 1. The second kappa shape index (κ2) is 5.95. The molecule has 0 aromatic heterocycles. The Hall–Kier alpha value is -0.770. The van der Waals surface area contributed by atoms with E-state index in [9.17, 15) is 9.90 Å². The number of rotatable bonds is 5. The van der Waals surface area contributed by atoms with Crippen molar-refractivity contribution < 1.29 is 14.6 Å². The first-order valence-corrected chi connectivity index (χ1v) is 5.40. The topological polar surface area (TPSA) is 49.8 Å². The number of amides is 1. The van der Waals surface area contributed by atoms with Crippen molar-refractivity contribution in [2.75, 3.05) is 19.7 Å². The molecule has 0 aliphatic heterocycles. The predicted octanol–water partition coefficient (Wildman–Crippen LogP) is 1.87. The van der Waals surface area contributed by atoms with E-state index in [1.807, 2.05) is 20.8 Å². The van der Waals surface area contributed by atoms with Crippen LogP contribution in [0.5, 0.6) is 0 Å². The summed E-state index contributed by atoms with van der Waals surface area (Å²) in [4.78, 5) is 13.1. The summed E-state index contributed by atoms with van der Waals surface area (Å²) in [6.07, 6.45) is -0.353. The van der Waals surface area contributed by atoms with Crippen molar-refractivity contribution in [2.45, 2.75) is 40.2 Å². The normalized spacial score (nSPS) is 11.7. The summed E-state index contributed by atoms with van der Waals surface area (Å²) in [6.45, 7) is 10.4. The van der Waals surface area contributed by atoms with Crippen LogP contribution in [0.25, 0.3) is 0 Å². The molecule has 0 aromatic rings. The molecule has 0 radical (unpaired) electrons. The molecule has 0 unspecified atom stereocenters. The van der Waals surface area contributed by atoms with E-state index in [-0.39, 0.29) is 6.09 Å². The molecule has 1 amide bonds. The van der Waals surface area contributed by atoms with Crippen molar-refractivity contribution in [2.24, 2.45) is 5.92 Å². The van der Waals surface area contributed by atoms with Crippen LogP contribution < -0.4 is 0 Å². The Labute approximate surface area is 92.2 Å². The molecule has 0 saturated heterocycles. The second-order valence-corrected chi connectivity index (χ2v) is 4.80. The molecule has 0 saturated carbocycles. The molecule has 0 aromatic carbocycles. The summed E-state index contributed by atoms with van der Waals surface area (Å²) in [5.74, 6) is 0.329. The van der Waals surface area contributed by atoms with Crippen LogP contribution in [-0.2, 0) is 4.74 Å². The fourth-order valence-corrected chi connectivity index (χ4v) is 1.10. The molecule has 0 bridgehead atoms. The average molecular weight is 217 g/mol. The van der Waals surface area contributed by atoms with Crippen molar-refractivity contribution >= 4 is 6.09 Å². The Balaban J connectivity index is 4.11. The zero-order valence-electron chi connectivity index (χ0n) is 10.4. The molecule has 4 nitrogen and oxygen atoms in total. The smallest absolute Gasteiger partial charge is 0.409 e. The Kier molecular flexibility index (Phi) is 5.65. The summed E-state index contributed by atoms with van der Waals surface area (Å²) in [5.41, 5.74) is -0.882. The first kappa shape index (κ1) is 14.2. The minimum atomic E-state index is -0.882. The van der Waals surface area contributed by atoms with Gasteiger partial charge in [0.05, 0.1) is 18.8 Å². The summed E-state index contributed by atoms with van der Waals surface area (Å²) < 4.78 is 5.08. The van der Waals surface area contributed by atoms with Crippen molar-refractivity contribution in [1.29, 1.82) is 0 Å². The minimum absolute atomic E-state index is 0.292. The van der Waals surface area contributed by atoms with E-state index in [4.69, 9.17) is 4.74 Å². The van der Waals surface area contributed by atoms with Gasteiger partial charge in [-0.15, -0.1) is 0 Å². The first-order chi connectivity index (χ1) is 6.76. The molecule has 1 N–H and O–H groups in total. The highest BCUT2D eigenvalue weighted by atomic mass is 16.6. The van der Waals surface area contributed by atoms with Crippen molar-refractivity contribution in [1.82, 2.24) is 4.90 Å². The number of ether oxygens (including phenoxy) is 1. The van der Waals surface area contributed by atoms with Gasteiger partial charge >= 0.3 is 6.09 Å². The Morgan fingerprint density at radius 3 is 2.33 bits per heavy atom. The molecule has 15 heavy (non-hydrogen) atoms. The fourth-order valence-electron chi connectivity index (χ4n) is 1.10. The SMILES string of the molecule is CCN(CC(C)(C)O)C(=O)OCC(C)C. The van der Waals surface area contributed by atoms with Gasteiger partial charge in [-0.3, -0.25) is 0 Å². The van der Waals surface area contributed by atoms with Crippen LogP contribution in [0.15, 0.2) is 0 Å². The lowest BCUT2D eigenvalue weighted by atomic mass is 10.1. The van der Waals surface area contributed by atoms with Gasteiger partial charge in [-0.1, -0.05) is 13.8 Å². The Bertz CT molecular complexity index is 196. The summed E-state index contributed by atoms with van der Waals surface area (Å²) in [5, 5.41) is 9.60. The zero-order valence-corrected chi connectivity index (χ0v) is 10.4. The molecule has 4 heteroatoms. The van der Waals surface area contributed by atoms with E-state index in [2.05, 4.69) is 0 Å². The van der Waals surface area contributed by atoms with E-state index in [0.717, 1.165) is 0 Å². The molecular weight excluding hydrogens is 194 g/mol. The molecule has 0 heterocycles. The van der Waals surface area contributed by atoms with E-state index >= 15 is 0 Å². The molecule has 0 fully saturated rings. The molecule has 0 atom stereocenters. The molecule has 90 valence electrons. The third kappa shape index (κ3) is 7.19. The highest BCUT2D eigenvalue weighted by Gasteiger charge is 2.22. The summed E-state index contributed by atoms with van der Waals surface area (Å²) >= 11 is 0. The third-order valence-electron chi connectivity index (χ3n) is 1.76. The average Bonchev–Trinajstić information content (AvgIpc) is 2.08. The van der Waals surface area contributed by atoms with Gasteiger partial charge in [-0.25, -0.2) is 4.79 Å². The van der Waals surface area contributed by atoms with Crippen molar-refractivity contribution in [3.05, 3.63) is 0 Å². The third-order valence-corrected chi connectivity index (χ3v) is 1.76.